The zero-order valence-electron chi connectivity index (χ0n) is 11.6. The van der Waals surface area contributed by atoms with Gasteiger partial charge in [-0.05, 0) is 43.5 Å². The molecule has 0 saturated carbocycles. The number of nitrogens with one attached hydrogen (secondary N) is 1. The molecule has 0 spiro atoms. The second kappa shape index (κ2) is 5.70. The van der Waals surface area contributed by atoms with Crippen LogP contribution in [-0.4, -0.2) is 5.91 Å². The SMILES string of the molecule is Cc1ccccc1C(=O)NC(C)c1ccccc1C. The van der Waals surface area contributed by atoms with Gasteiger partial charge >= 0.3 is 0 Å². The lowest BCUT2D eigenvalue weighted by molar-refractivity contribution is 0.0939. The molecule has 2 aromatic rings. The first-order chi connectivity index (χ1) is 9.09. The first-order valence-electron chi connectivity index (χ1n) is 6.51. The van der Waals surface area contributed by atoms with Crippen molar-refractivity contribution in [1.82, 2.24) is 5.32 Å². The molecule has 0 radical (unpaired) electrons. The lowest BCUT2D eigenvalue weighted by Gasteiger charge is -2.17. The van der Waals surface area contributed by atoms with Gasteiger partial charge in [0.2, 0.25) is 0 Å². The summed E-state index contributed by atoms with van der Waals surface area (Å²) in [5, 5.41) is 3.06. The van der Waals surface area contributed by atoms with Gasteiger partial charge in [0.1, 0.15) is 0 Å². The van der Waals surface area contributed by atoms with Crippen molar-refractivity contribution >= 4 is 5.91 Å². The van der Waals surface area contributed by atoms with Crippen LogP contribution in [0.15, 0.2) is 48.5 Å². The number of rotatable bonds is 3. The Balaban J connectivity index is 2.16. The second-order valence-electron chi connectivity index (χ2n) is 4.87. The molecule has 2 heteroatoms. The van der Waals surface area contributed by atoms with Gasteiger partial charge in [-0.1, -0.05) is 42.5 Å². The summed E-state index contributed by atoms with van der Waals surface area (Å²) in [6, 6.07) is 15.8. The Kier molecular flexibility index (Phi) is 4.00. The van der Waals surface area contributed by atoms with Crippen LogP contribution >= 0.6 is 0 Å². The fourth-order valence-electron chi connectivity index (χ4n) is 2.25. The van der Waals surface area contributed by atoms with Crippen molar-refractivity contribution in [3.8, 4) is 0 Å². The molecule has 0 aromatic heterocycles. The Bertz CT molecular complexity index is 589. The average molecular weight is 253 g/mol. The Hall–Kier alpha value is -2.09. The average Bonchev–Trinajstić information content (AvgIpc) is 2.39. The summed E-state index contributed by atoms with van der Waals surface area (Å²) in [6.07, 6.45) is 0. The minimum absolute atomic E-state index is 0.00769. The van der Waals surface area contributed by atoms with Gasteiger partial charge < -0.3 is 5.32 Å². The quantitative estimate of drug-likeness (QED) is 0.885. The van der Waals surface area contributed by atoms with Crippen LogP contribution in [0.3, 0.4) is 0 Å². The summed E-state index contributed by atoms with van der Waals surface area (Å²) in [4.78, 5) is 12.2. The van der Waals surface area contributed by atoms with Crippen LogP contribution in [0.2, 0.25) is 0 Å². The molecule has 2 nitrogen and oxygen atoms in total. The van der Waals surface area contributed by atoms with Gasteiger partial charge in [0.05, 0.1) is 6.04 Å². The van der Waals surface area contributed by atoms with Gasteiger partial charge in [-0.2, -0.15) is 0 Å². The summed E-state index contributed by atoms with van der Waals surface area (Å²) in [5.74, 6) is -0.0196. The third-order valence-corrected chi connectivity index (χ3v) is 3.39. The standard InChI is InChI=1S/C17H19NO/c1-12-8-4-6-10-15(12)14(3)18-17(19)16-11-7-5-9-13(16)2/h4-11,14H,1-3H3,(H,18,19). The van der Waals surface area contributed by atoms with E-state index in [-0.39, 0.29) is 11.9 Å². The van der Waals surface area contributed by atoms with E-state index < -0.39 is 0 Å². The van der Waals surface area contributed by atoms with E-state index in [0.29, 0.717) is 0 Å². The van der Waals surface area contributed by atoms with Crippen LogP contribution in [0.25, 0.3) is 0 Å². The fourth-order valence-corrected chi connectivity index (χ4v) is 2.25. The number of benzene rings is 2. The molecule has 1 unspecified atom stereocenters. The van der Waals surface area contributed by atoms with E-state index in [4.69, 9.17) is 0 Å². The van der Waals surface area contributed by atoms with Gasteiger partial charge in [0.15, 0.2) is 0 Å². The maximum absolute atomic E-state index is 12.2. The van der Waals surface area contributed by atoms with Crippen LogP contribution in [0, 0.1) is 13.8 Å². The van der Waals surface area contributed by atoms with Crippen LogP contribution < -0.4 is 5.32 Å². The Morgan fingerprint density at radius 3 is 2.16 bits per heavy atom. The molecule has 0 aliphatic carbocycles. The van der Waals surface area contributed by atoms with Crippen molar-refractivity contribution in [2.75, 3.05) is 0 Å². The van der Waals surface area contributed by atoms with E-state index in [0.717, 1.165) is 16.7 Å². The number of hydrogen-bond acceptors (Lipinski definition) is 1. The molecule has 0 heterocycles. The summed E-state index contributed by atoms with van der Waals surface area (Å²) in [7, 11) is 0. The third-order valence-electron chi connectivity index (χ3n) is 3.39. The highest BCUT2D eigenvalue weighted by molar-refractivity contribution is 5.95. The van der Waals surface area contributed by atoms with Gasteiger partial charge in [-0.25, -0.2) is 0 Å². The van der Waals surface area contributed by atoms with Crippen molar-refractivity contribution in [3.05, 3.63) is 70.8 Å². The minimum atomic E-state index is -0.0196. The Morgan fingerprint density at radius 1 is 0.947 bits per heavy atom. The third kappa shape index (κ3) is 3.02. The molecule has 0 fully saturated rings. The van der Waals surface area contributed by atoms with E-state index in [9.17, 15) is 4.79 Å². The number of carbonyl (C=O) groups is 1. The molecule has 0 bridgehead atoms. The van der Waals surface area contributed by atoms with Crippen LogP contribution in [-0.2, 0) is 0 Å². The maximum atomic E-state index is 12.2. The molecule has 2 aromatic carbocycles. The van der Waals surface area contributed by atoms with Crippen molar-refractivity contribution < 1.29 is 4.79 Å². The summed E-state index contributed by atoms with van der Waals surface area (Å²) < 4.78 is 0. The highest BCUT2D eigenvalue weighted by Gasteiger charge is 2.13. The van der Waals surface area contributed by atoms with Crippen molar-refractivity contribution in [2.45, 2.75) is 26.8 Å². The fraction of sp³-hybridized carbons (Fsp3) is 0.235. The van der Waals surface area contributed by atoms with Gasteiger partial charge in [0, 0.05) is 5.56 Å². The Morgan fingerprint density at radius 2 is 1.53 bits per heavy atom. The molecule has 0 saturated heterocycles. The summed E-state index contributed by atoms with van der Waals surface area (Å²) in [6.45, 7) is 6.03. The van der Waals surface area contributed by atoms with Gasteiger partial charge in [0.25, 0.3) is 5.91 Å². The van der Waals surface area contributed by atoms with Gasteiger partial charge in [-0.15, -0.1) is 0 Å². The predicted octanol–water partition coefficient (Wildman–Crippen LogP) is 3.79. The zero-order chi connectivity index (χ0) is 13.8. The van der Waals surface area contributed by atoms with Crippen molar-refractivity contribution in [1.29, 1.82) is 0 Å². The normalized spacial score (nSPS) is 11.9. The lowest BCUT2D eigenvalue weighted by atomic mass is 10.0. The maximum Gasteiger partial charge on any atom is 0.252 e. The lowest BCUT2D eigenvalue weighted by Crippen LogP contribution is -2.27. The monoisotopic (exact) mass is 253 g/mol. The van der Waals surface area contributed by atoms with Crippen LogP contribution in [0.4, 0.5) is 0 Å². The number of carbonyl (C=O) groups excluding carboxylic acids is 1. The van der Waals surface area contributed by atoms with E-state index >= 15 is 0 Å². The molecule has 0 aliphatic heterocycles. The smallest absolute Gasteiger partial charge is 0.252 e. The van der Waals surface area contributed by atoms with E-state index in [1.165, 1.54) is 5.56 Å². The highest BCUT2D eigenvalue weighted by Crippen LogP contribution is 2.17. The molecule has 1 atom stereocenters. The molecular weight excluding hydrogens is 234 g/mol. The molecule has 0 aliphatic rings. The molecule has 1 N–H and O–H groups in total. The molecule has 19 heavy (non-hydrogen) atoms. The highest BCUT2D eigenvalue weighted by atomic mass is 16.1. The predicted molar refractivity (Wildman–Crippen MR) is 78.2 cm³/mol. The van der Waals surface area contributed by atoms with Crippen molar-refractivity contribution in [2.24, 2.45) is 0 Å². The van der Waals surface area contributed by atoms with E-state index in [2.05, 4.69) is 24.4 Å². The van der Waals surface area contributed by atoms with E-state index in [1.807, 2.05) is 50.2 Å². The topological polar surface area (TPSA) is 29.1 Å². The Labute approximate surface area is 114 Å². The summed E-state index contributed by atoms with van der Waals surface area (Å²) in [5.41, 5.74) is 4.09. The molecular formula is C17H19NO. The number of hydrogen-bond donors (Lipinski definition) is 1. The first-order valence-corrected chi connectivity index (χ1v) is 6.51. The van der Waals surface area contributed by atoms with Crippen LogP contribution in [0.1, 0.15) is 40.0 Å². The molecule has 2 rings (SSSR count). The van der Waals surface area contributed by atoms with E-state index in [1.54, 1.807) is 0 Å². The molecule has 98 valence electrons. The minimum Gasteiger partial charge on any atom is -0.346 e. The molecule has 1 amide bonds. The summed E-state index contributed by atoms with van der Waals surface area (Å²) >= 11 is 0. The number of aryl methyl sites for hydroxylation is 2. The number of amides is 1. The van der Waals surface area contributed by atoms with Crippen molar-refractivity contribution in [3.63, 3.8) is 0 Å². The van der Waals surface area contributed by atoms with Crippen LogP contribution in [0.5, 0.6) is 0 Å². The first kappa shape index (κ1) is 13.3. The largest absolute Gasteiger partial charge is 0.346 e. The second-order valence-corrected chi connectivity index (χ2v) is 4.87. The van der Waals surface area contributed by atoms with Gasteiger partial charge in [-0.3, -0.25) is 4.79 Å². The zero-order valence-corrected chi connectivity index (χ0v) is 11.6.